The standard InChI is InChI=1S/C23H30N2/c1-9-21(25-23-18(6)12-15(3)13-19(23)7)20(8)24-22-16(4)10-14(2)11-17(22)5/h10-13H,9H2,1-8H3/b24-20+,25-21+. The minimum absolute atomic E-state index is 0.867. The molecule has 0 aromatic heterocycles. The summed E-state index contributed by atoms with van der Waals surface area (Å²) in [5.74, 6) is 0. The molecule has 0 N–H and O–H groups in total. The van der Waals surface area contributed by atoms with E-state index in [1.807, 2.05) is 0 Å². The normalized spacial score (nSPS) is 12.6. The van der Waals surface area contributed by atoms with Gasteiger partial charge in [0.05, 0.1) is 22.8 Å². The minimum atomic E-state index is 0.867. The predicted molar refractivity (Wildman–Crippen MR) is 111 cm³/mol. The number of nitrogens with zero attached hydrogens (tertiary/aromatic N) is 2. The third kappa shape index (κ3) is 4.45. The van der Waals surface area contributed by atoms with Crippen LogP contribution in [0, 0.1) is 41.5 Å². The number of aryl methyl sites for hydroxylation is 6. The fourth-order valence-corrected chi connectivity index (χ4v) is 3.48. The summed E-state index contributed by atoms with van der Waals surface area (Å²) in [6, 6.07) is 8.77. The molecule has 2 rings (SSSR count). The van der Waals surface area contributed by atoms with Gasteiger partial charge in [-0.05, 0) is 77.1 Å². The Morgan fingerprint density at radius 2 is 1.04 bits per heavy atom. The van der Waals surface area contributed by atoms with Crippen molar-refractivity contribution in [3.05, 3.63) is 57.6 Å². The number of hydrogen-bond acceptors (Lipinski definition) is 2. The van der Waals surface area contributed by atoms with E-state index >= 15 is 0 Å². The Bertz CT molecular complexity index is 808. The molecule has 25 heavy (non-hydrogen) atoms. The Hall–Kier alpha value is -2.22. The third-order valence-corrected chi connectivity index (χ3v) is 4.55. The first-order valence-corrected chi connectivity index (χ1v) is 9.01. The zero-order valence-corrected chi connectivity index (χ0v) is 16.9. The maximum atomic E-state index is 4.98. The average molecular weight is 335 g/mol. The fraction of sp³-hybridized carbons (Fsp3) is 0.391. The second-order valence-corrected chi connectivity index (χ2v) is 7.10. The molecular weight excluding hydrogens is 304 g/mol. The van der Waals surface area contributed by atoms with E-state index in [1.165, 1.54) is 33.4 Å². The summed E-state index contributed by atoms with van der Waals surface area (Å²) >= 11 is 0. The summed E-state index contributed by atoms with van der Waals surface area (Å²) in [5, 5.41) is 0. The van der Waals surface area contributed by atoms with Crippen molar-refractivity contribution in [2.24, 2.45) is 9.98 Å². The molecule has 2 heteroatoms. The lowest BCUT2D eigenvalue weighted by molar-refractivity contribution is 1.24. The van der Waals surface area contributed by atoms with Crippen LogP contribution in [-0.4, -0.2) is 11.4 Å². The highest BCUT2D eigenvalue weighted by Crippen LogP contribution is 2.28. The van der Waals surface area contributed by atoms with Crippen LogP contribution < -0.4 is 0 Å². The Morgan fingerprint density at radius 1 is 0.680 bits per heavy atom. The zero-order chi connectivity index (χ0) is 18.7. The first kappa shape index (κ1) is 19.1. The Kier molecular flexibility index (Phi) is 5.94. The molecule has 0 amide bonds. The topological polar surface area (TPSA) is 24.7 Å². The van der Waals surface area contributed by atoms with Crippen LogP contribution in [0.2, 0.25) is 0 Å². The van der Waals surface area contributed by atoms with Gasteiger partial charge in [0.1, 0.15) is 0 Å². The maximum absolute atomic E-state index is 4.98. The molecule has 0 aliphatic carbocycles. The maximum Gasteiger partial charge on any atom is 0.0692 e. The molecule has 0 bridgehead atoms. The van der Waals surface area contributed by atoms with Crippen LogP contribution in [0.3, 0.4) is 0 Å². The average Bonchev–Trinajstić information content (AvgIpc) is 2.50. The van der Waals surface area contributed by atoms with E-state index in [4.69, 9.17) is 9.98 Å². The summed E-state index contributed by atoms with van der Waals surface area (Å²) in [6.07, 6.45) is 0.867. The van der Waals surface area contributed by atoms with Gasteiger partial charge in [-0.1, -0.05) is 42.3 Å². The van der Waals surface area contributed by atoms with Gasteiger partial charge in [-0.3, -0.25) is 9.98 Å². The summed E-state index contributed by atoms with van der Waals surface area (Å²) < 4.78 is 0. The first-order valence-electron chi connectivity index (χ1n) is 9.01. The van der Waals surface area contributed by atoms with Crippen LogP contribution in [0.5, 0.6) is 0 Å². The summed E-state index contributed by atoms with van der Waals surface area (Å²) in [6.45, 7) is 17.0. The van der Waals surface area contributed by atoms with Gasteiger partial charge in [0.25, 0.3) is 0 Å². The molecule has 0 heterocycles. The highest BCUT2D eigenvalue weighted by molar-refractivity contribution is 6.42. The largest absolute Gasteiger partial charge is 0.251 e. The molecule has 0 unspecified atom stereocenters. The molecule has 0 fully saturated rings. The minimum Gasteiger partial charge on any atom is -0.251 e. The van der Waals surface area contributed by atoms with Crippen LogP contribution in [0.15, 0.2) is 34.3 Å². The van der Waals surface area contributed by atoms with Crippen molar-refractivity contribution in [2.45, 2.75) is 61.8 Å². The number of rotatable bonds is 4. The van der Waals surface area contributed by atoms with Gasteiger partial charge in [0.15, 0.2) is 0 Å². The Morgan fingerprint density at radius 3 is 1.40 bits per heavy atom. The van der Waals surface area contributed by atoms with Gasteiger partial charge < -0.3 is 0 Å². The second kappa shape index (κ2) is 7.77. The van der Waals surface area contributed by atoms with Crippen LogP contribution in [0.4, 0.5) is 11.4 Å². The van der Waals surface area contributed by atoms with Crippen molar-refractivity contribution in [1.82, 2.24) is 0 Å². The van der Waals surface area contributed by atoms with Gasteiger partial charge in [0.2, 0.25) is 0 Å². The zero-order valence-electron chi connectivity index (χ0n) is 16.9. The Labute approximate surface area is 152 Å². The molecule has 0 atom stereocenters. The molecule has 0 aliphatic rings. The van der Waals surface area contributed by atoms with E-state index in [-0.39, 0.29) is 0 Å². The molecule has 0 aliphatic heterocycles. The number of hydrogen-bond donors (Lipinski definition) is 0. The molecule has 0 radical (unpaired) electrons. The van der Waals surface area contributed by atoms with Crippen molar-refractivity contribution in [3.63, 3.8) is 0 Å². The lowest BCUT2D eigenvalue weighted by Gasteiger charge is -2.12. The highest BCUT2D eigenvalue weighted by atomic mass is 14.8. The molecular formula is C23H30N2. The first-order chi connectivity index (χ1) is 11.7. The highest BCUT2D eigenvalue weighted by Gasteiger charge is 2.09. The molecule has 0 saturated heterocycles. The molecule has 2 aromatic carbocycles. The van der Waals surface area contributed by atoms with Crippen LogP contribution in [-0.2, 0) is 0 Å². The molecule has 0 saturated carbocycles. The van der Waals surface area contributed by atoms with Crippen molar-refractivity contribution in [3.8, 4) is 0 Å². The van der Waals surface area contributed by atoms with Crippen molar-refractivity contribution in [1.29, 1.82) is 0 Å². The van der Waals surface area contributed by atoms with Crippen molar-refractivity contribution in [2.75, 3.05) is 0 Å². The smallest absolute Gasteiger partial charge is 0.0692 e. The van der Waals surface area contributed by atoms with Gasteiger partial charge in [-0.15, -0.1) is 0 Å². The van der Waals surface area contributed by atoms with Crippen LogP contribution in [0.25, 0.3) is 0 Å². The van der Waals surface area contributed by atoms with E-state index in [0.717, 1.165) is 29.2 Å². The Balaban J connectivity index is 2.51. The van der Waals surface area contributed by atoms with Gasteiger partial charge in [-0.25, -0.2) is 0 Å². The van der Waals surface area contributed by atoms with Gasteiger partial charge >= 0.3 is 0 Å². The summed E-state index contributed by atoms with van der Waals surface area (Å²) in [4.78, 5) is 9.91. The van der Waals surface area contributed by atoms with Gasteiger partial charge in [0, 0.05) is 0 Å². The van der Waals surface area contributed by atoms with E-state index in [2.05, 4.69) is 79.7 Å². The van der Waals surface area contributed by atoms with Crippen LogP contribution in [0.1, 0.15) is 53.6 Å². The lowest BCUT2D eigenvalue weighted by atomic mass is 10.0. The fourth-order valence-electron chi connectivity index (χ4n) is 3.48. The number of aliphatic imine (C=N–C) groups is 2. The molecule has 2 nitrogen and oxygen atoms in total. The van der Waals surface area contributed by atoms with Crippen LogP contribution >= 0.6 is 0 Å². The predicted octanol–water partition coefficient (Wildman–Crippen LogP) is 6.81. The molecule has 2 aromatic rings. The molecule has 0 spiro atoms. The third-order valence-electron chi connectivity index (χ3n) is 4.55. The van der Waals surface area contributed by atoms with Crippen molar-refractivity contribution >= 4 is 22.8 Å². The van der Waals surface area contributed by atoms with Crippen molar-refractivity contribution < 1.29 is 0 Å². The lowest BCUT2D eigenvalue weighted by Crippen LogP contribution is -2.09. The quantitative estimate of drug-likeness (QED) is 0.548. The van der Waals surface area contributed by atoms with E-state index in [0.29, 0.717) is 0 Å². The SMILES string of the molecule is CCC(=N\c1c(C)cc(C)cc1C)/C(C)=N/c1c(C)cc(C)cc1C. The summed E-state index contributed by atoms with van der Waals surface area (Å²) in [7, 11) is 0. The summed E-state index contributed by atoms with van der Waals surface area (Å²) in [5.41, 5.74) is 11.6. The number of benzene rings is 2. The molecule has 132 valence electrons. The van der Waals surface area contributed by atoms with Gasteiger partial charge in [-0.2, -0.15) is 0 Å². The van der Waals surface area contributed by atoms with E-state index < -0.39 is 0 Å². The van der Waals surface area contributed by atoms with E-state index in [9.17, 15) is 0 Å². The second-order valence-electron chi connectivity index (χ2n) is 7.10. The van der Waals surface area contributed by atoms with E-state index in [1.54, 1.807) is 0 Å². The monoisotopic (exact) mass is 334 g/mol.